The molecule has 2 nitrogen and oxygen atoms in total. The van der Waals surface area contributed by atoms with E-state index < -0.39 is 5.41 Å². The molecule has 2 aliphatic rings. The lowest BCUT2D eigenvalue weighted by molar-refractivity contribution is 0.793. The predicted octanol–water partition coefficient (Wildman–Crippen LogP) is 18.8. The number of fused-ring (bicyclic) bond motifs is 14. The molecular formula is C71H46N2. The molecule has 0 bridgehead atoms. The largest absolute Gasteiger partial charge is 0.310 e. The average molecular weight is 927 g/mol. The minimum atomic E-state index is -0.445. The molecule has 12 aromatic carbocycles. The van der Waals surface area contributed by atoms with Crippen molar-refractivity contribution in [2.45, 2.75) is 5.41 Å². The molecule has 0 aliphatic heterocycles. The van der Waals surface area contributed by atoms with Gasteiger partial charge in [-0.25, -0.2) is 0 Å². The van der Waals surface area contributed by atoms with Crippen LogP contribution in [-0.2, 0) is 5.41 Å². The van der Waals surface area contributed by atoms with Crippen LogP contribution in [0, 0.1) is 0 Å². The maximum atomic E-state index is 2.48. The Balaban J connectivity index is 0.840. The van der Waals surface area contributed by atoms with Gasteiger partial charge in [-0.3, -0.25) is 0 Å². The summed E-state index contributed by atoms with van der Waals surface area (Å²) in [6.45, 7) is 0. The van der Waals surface area contributed by atoms with E-state index in [2.05, 4.69) is 289 Å². The van der Waals surface area contributed by atoms with E-state index in [0.29, 0.717) is 0 Å². The number of nitrogens with zero attached hydrogens (tertiary/aromatic N) is 2. The normalized spacial score (nSPS) is 12.8. The van der Waals surface area contributed by atoms with Crippen LogP contribution in [0.15, 0.2) is 279 Å². The molecule has 2 heteroatoms. The van der Waals surface area contributed by atoms with Crippen molar-refractivity contribution in [3.05, 3.63) is 301 Å². The van der Waals surface area contributed by atoms with Crippen molar-refractivity contribution >= 4 is 49.6 Å². The van der Waals surface area contributed by atoms with Crippen LogP contribution in [0.1, 0.15) is 22.3 Å². The lowest BCUT2D eigenvalue weighted by atomic mass is 9.70. The van der Waals surface area contributed by atoms with E-state index in [1.807, 2.05) is 0 Å². The fourth-order valence-electron chi connectivity index (χ4n) is 12.6. The summed E-state index contributed by atoms with van der Waals surface area (Å²) in [7, 11) is 0. The van der Waals surface area contributed by atoms with Crippen molar-refractivity contribution in [3.63, 3.8) is 0 Å². The first-order valence-corrected chi connectivity index (χ1v) is 25.3. The van der Waals surface area contributed by atoms with Crippen LogP contribution in [0.4, 0.5) is 17.1 Å². The highest BCUT2D eigenvalue weighted by atomic mass is 15.1. The second-order valence-corrected chi connectivity index (χ2v) is 19.6. The van der Waals surface area contributed by atoms with E-state index in [-0.39, 0.29) is 0 Å². The molecule has 0 amide bonds. The Morgan fingerprint density at radius 3 is 1.44 bits per heavy atom. The molecule has 1 heterocycles. The Morgan fingerprint density at radius 1 is 0.260 bits per heavy atom. The van der Waals surface area contributed by atoms with Gasteiger partial charge in [-0.1, -0.05) is 218 Å². The first-order chi connectivity index (χ1) is 36.2. The Labute approximate surface area is 425 Å². The number of aromatic nitrogens is 1. The summed E-state index contributed by atoms with van der Waals surface area (Å²) in [5.41, 5.74) is 24.1. The Morgan fingerprint density at radius 2 is 0.726 bits per heavy atom. The van der Waals surface area contributed by atoms with E-state index in [9.17, 15) is 0 Å². The minimum absolute atomic E-state index is 0.445. The van der Waals surface area contributed by atoms with Crippen molar-refractivity contribution in [2.24, 2.45) is 0 Å². The molecule has 0 unspecified atom stereocenters. The molecular weight excluding hydrogens is 881 g/mol. The fourth-order valence-corrected chi connectivity index (χ4v) is 12.6. The van der Waals surface area contributed by atoms with Gasteiger partial charge >= 0.3 is 0 Å². The molecule has 1 aromatic heterocycles. The summed E-state index contributed by atoms with van der Waals surface area (Å²) < 4.78 is 2.43. The van der Waals surface area contributed by atoms with E-state index in [0.717, 1.165) is 22.6 Å². The smallest absolute Gasteiger partial charge is 0.0726 e. The van der Waals surface area contributed by atoms with Crippen LogP contribution in [0.2, 0.25) is 0 Å². The number of para-hydroxylation sites is 1. The molecule has 1 spiro atoms. The summed E-state index contributed by atoms with van der Waals surface area (Å²) >= 11 is 0. The van der Waals surface area contributed by atoms with Crippen molar-refractivity contribution in [2.75, 3.05) is 4.90 Å². The highest BCUT2D eigenvalue weighted by molar-refractivity contribution is 6.12. The maximum Gasteiger partial charge on any atom is 0.0726 e. The third-order valence-electron chi connectivity index (χ3n) is 15.8. The topological polar surface area (TPSA) is 8.17 Å². The average Bonchev–Trinajstić information content (AvgIpc) is 4.07. The van der Waals surface area contributed by atoms with E-state index in [4.69, 9.17) is 0 Å². The Bertz CT molecular complexity index is 4240. The highest BCUT2D eigenvalue weighted by Gasteiger charge is 2.51. The van der Waals surface area contributed by atoms with Gasteiger partial charge in [0.15, 0.2) is 0 Å². The van der Waals surface area contributed by atoms with Gasteiger partial charge in [-0.2, -0.15) is 0 Å². The van der Waals surface area contributed by atoms with Crippen molar-refractivity contribution < 1.29 is 0 Å². The SMILES string of the molecule is c1ccc(-c2ccc(N(c3cccc(-c4ccc(-c5ccc6c(c5)c5ccccc5n6-c5cccc6ccccc56)cc4)c3)c3ccc4c(c3)C3(c5ccccc5-c5ccccc53)c3ccccc3-4)cc2)cc1. The lowest BCUT2D eigenvalue weighted by Gasteiger charge is -2.32. The van der Waals surface area contributed by atoms with Gasteiger partial charge in [0.2, 0.25) is 0 Å². The molecule has 13 aromatic rings. The summed E-state index contributed by atoms with van der Waals surface area (Å²) in [4.78, 5) is 2.44. The second-order valence-electron chi connectivity index (χ2n) is 19.6. The molecule has 0 saturated carbocycles. The van der Waals surface area contributed by atoms with Gasteiger partial charge in [0.1, 0.15) is 0 Å². The molecule has 0 atom stereocenters. The number of hydrogen-bond acceptors (Lipinski definition) is 1. The van der Waals surface area contributed by atoms with Gasteiger partial charge in [-0.05, 0) is 144 Å². The summed E-state index contributed by atoms with van der Waals surface area (Å²) in [6.07, 6.45) is 0. The van der Waals surface area contributed by atoms with E-state index in [1.165, 1.54) is 111 Å². The van der Waals surface area contributed by atoms with Crippen molar-refractivity contribution in [3.8, 4) is 61.3 Å². The van der Waals surface area contributed by atoms with Crippen LogP contribution < -0.4 is 4.90 Å². The highest BCUT2D eigenvalue weighted by Crippen LogP contribution is 2.63. The minimum Gasteiger partial charge on any atom is -0.310 e. The molecule has 73 heavy (non-hydrogen) atoms. The molecule has 340 valence electrons. The maximum absolute atomic E-state index is 2.48. The molecule has 0 saturated heterocycles. The van der Waals surface area contributed by atoms with Crippen molar-refractivity contribution in [1.82, 2.24) is 4.57 Å². The third kappa shape index (κ3) is 6.24. The number of hydrogen-bond donors (Lipinski definition) is 0. The Hall–Kier alpha value is -9.50. The zero-order chi connectivity index (χ0) is 48.0. The monoisotopic (exact) mass is 926 g/mol. The van der Waals surface area contributed by atoms with Crippen LogP contribution in [0.3, 0.4) is 0 Å². The van der Waals surface area contributed by atoms with Crippen molar-refractivity contribution in [1.29, 1.82) is 0 Å². The van der Waals surface area contributed by atoms with Crippen LogP contribution in [0.25, 0.3) is 93.9 Å². The van der Waals surface area contributed by atoms with Gasteiger partial charge < -0.3 is 9.47 Å². The van der Waals surface area contributed by atoms with Gasteiger partial charge in [0.25, 0.3) is 0 Å². The molecule has 0 radical (unpaired) electrons. The molecule has 15 rings (SSSR count). The third-order valence-corrected chi connectivity index (χ3v) is 15.8. The zero-order valence-electron chi connectivity index (χ0n) is 40.0. The van der Waals surface area contributed by atoms with Gasteiger partial charge in [-0.15, -0.1) is 0 Å². The fraction of sp³-hybridized carbons (Fsp3) is 0.0141. The molecule has 2 aliphatic carbocycles. The number of rotatable bonds is 7. The van der Waals surface area contributed by atoms with E-state index in [1.54, 1.807) is 0 Å². The quantitative estimate of drug-likeness (QED) is 0.155. The number of benzene rings is 12. The molecule has 0 fully saturated rings. The summed E-state index contributed by atoms with van der Waals surface area (Å²) in [5, 5.41) is 4.98. The standard InChI is InChI=1S/C71H46N2/c1-2-16-47(17-3-1)48-36-39-54(40-37-48)72(56-41-42-61-60-25-8-12-29-66(60)71(67(61)46-56)64-27-10-6-23-58(64)59-24-7-11-28-65(59)71)55-21-14-20-52(44-55)49-32-34-50(35-33-49)53-38-43-70-63(45-53)62-26-9-13-30-69(62)73(70)68-31-15-19-51-18-4-5-22-57(51)68/h1-46H. The molecule has 0 N–H and O–H groups in total. The second kappa shape index (κ2) is 16.3. The van der Waals surface area contributed by atoms with E-state index >= 15 is 0 Å². The number of anilines is 3. The zero-order valence-corrected chi connectivity index (χ0v) is 40.0. The summed E-state index contributed by atoms with van der Waals surface area (Å²) in [6, 6.07) is 103. The van der Waals surface area contributed by atoms with Crippen LogP contribution in [0.5, 0.6) is 0 Å². The first-order valence-electron chi connectivity index (χ1n) is 25.3. The van der Waals surface area contributed by atoms with Gasteiger partial charge in [0.05, 0.1) is 22.1 Å². The Kier molecular flexibility index (Phi) is 9.21. The predicted molar refractivity (Wildman–Crippen MR) is 306 cm³/mol. The lowest BCUT2D eigenvalue weighted by Crippen LogP contribution is -2.26. The van der Waals surface area contributed by atoms with Crippen LogP contribution in [-0.4, -0.2) is 4.57 Å². The first kappa shape index (κ1) is 41.3. The summed E-state index contributed by atoms with van der Waals surface area (Å²) in [5.74, 6) is 0. The van der Waals surface area contributed by atoms with Gasteiger partial charge in [0, 0.05) is 33.2 Å². The van der Waals surface area contributed by atoms with Crippen LogP contribution >= 0.6 is 0 Å².